The zero-order valence-electron chi connectivity index (χ0n) is 11.8. The van der Waals surface area contributed by atoms with Gasteiger partial charge in [-0.2, -0.15) is 0 Å². The summed E-state index contributed by atoms with van der Waals surface area (Å²) in [5.74, 6) is 0. The third-order valence-corrected chi connectivity index (χ3v) is 2.34. The zero-order valence-corrected chi connectivity index (χ0v) is 11.8. The number of rotatable bonds is 5. The molecule has 0 saturated carbocycles. The minimum Gasteiger partial charge on any atom is -0.396 e. The molecule has 0 aromatic rings. The van der Waals surface area contributed by atoms with Crippen LogP contribution in [0, 0.1) is 0 Å². The van der Waals surface area contributed by atoms with E-state index in [0.29, 0.717) is 6.61 Å². The van der Waals surface area contributed by atoms with E-state index in [1.807, 2.05) is 13.8 Å². The number of unbranched alkanes of at least 4 members (excludes halogenated alkanes) is 1. The Bertz CT molecular complexity index is 98.4. The van der Waals surface area contributed by atoms with Gasteiger partial charge < -0.3 is 15.3 Å². The Morgan fingerprint density at radius 2 is 1.65 bits per heavy atom. The number of aliphatic hydroxyl groups is 1. The predicted octanol–water partition coefficient (Wildman–Crippen LogP) is 2.74. The van der Waals surface area contributed by atoms with E-state index in [-0.39, 0.29) is 7.43 Å². The van der Waals surface area contributed by atoms with Crippen LogP contribution in [0.25, 0.3) is 0 Å². The molecule has 0 aromatic heterocycles. The summed E-state index contributed by atoms with van der Waals surface area (Å²) in [6.45, 7) is 11.1. The third-order valence-electron chi connectivity index (χ3n) is 2.34. The third kappa shape index (κ3) is 21.7. The lowest BCUT2D eigenvalue weighted by Gasteiger charge is -2.01. The number of hydrogen-bond donors (Lipinski definition) is 2. The number of nitrogens with one attached hydrogen (secondary N) is 1. The van der Waals surface area contributed by atoms with E-state index in [1.165, 1.54) is 25.9 Å². The second kappa shape index (κ2) is 21.2. The van der Waals surface area contributed by atoms with Crippen LogP contribution >= 0.6 is 0 Å². The molecule has 3 nitrogen and oxygen atoms in total. The molecule has 1 fully saturated rings. The van der Waals surface area contributed by atoms with Gasteiger partial charge in [-0.25, -0.2) is 0 Å². The second-order valence-corrected chi connectivity index (χ2v) is 3.79. The molecular formula is C14H36N2O. The minimum absolute atomic E-state index is 0. The fourth-order valence-electron chi connectivity index (χ4n) is 1.41. The first-order valence-electron chi connectivity index (χ1n) is 6.81. The molecule has 108 valence electrons. The highest BCUT2D eigenvalue weighted by molar-refractivity contribution is 4.59. The van der Waals surface area contributed by atoms with Crippen LogP contribution in [0.15, 0.2) is 0 Å². The van der Waals surface area contributed by atoms with Gasteiger partial charge in [0.2, 0.25) is 0 Å². The maximum atomic E-state index is 8.34. The van der Waals surface area contributed by atoms with Crippen LogP contribution in [-0.4, -0.2) is 49.8 Å². The summed E-state index contributed by atoms with van der Waals surface area (Å²) in [4.78, 5) is 2.36. The van der Waals surface area contributed by atoms with Crippen LogP contribution in [0.4, 0.5) is 0 Å². The molecule has 1 aliphatic rings. The van der Waals surface area contributed by atoms with Gasteiger partial charge in [0.05, 0.1) is 0 Å². The first-order valence-corrected chi connectivity index (χ1v) is 6.81. The highest BCUT2D eigenvalue weighted by Gasteiger charge is 2.03. The fraction of sp³-hybridized carbons (Fsp3) is 1.00. The van der Waals surface area contributed by atoms with Crippen LogP contribution in [0.1, 0.15) is 53.9 Å². The lowest BCUT2D eigenvalue weighted by atomic mass is 10.3. The maximum Gasteiger partial charge on any atom is 0.0431 e. The average Bonchev–Trinajstić information content (AvgIpc) is 2.79. The van der Waals surface area contributed by atoms with E-state index in [4.69, 9.17) is 5.11 Å². The van der Waals surface area contributed by atoms with Crippen LogP contribution < -0.4 is 5.32 Å². The average molecular weight is 248 g/mol. The molecule has 0 atom stereocenters. The standard InChI is InChI=1S/C6H15NO.C5H11N.C2H6.CH4/c1-2-7-5-3-4-6-8;1-6-4-2-3-5-6;1-2;/h7-8H,2-6H2,1H3;2-5H2,1H3;1-2H3;1H4. The highest BCUT2D eigenvalue weighted by atomic mass is 16.2. The minimum atomic E-state index is 0. The van der Waals surface area contributed by atoms with E-state index in [0.717, 1.165) is 25.9 Å². The molecule has 1 rings (SSSR count). The van der Waals surface area contributed by atoms with E-state index in [1.54, 1.807) is 0 Å². The summed E-state index contributed by atoms with van der Waals surface area (Å²) in [5, 5.41) is 11.5. The molecule has 2 N–H and O–H groups in total. The molecule has 0 unspecified atom stereocenters. The SMILES string of the molecule is C.CC.CCNCCCCO.CN1CCCC1. The summed E-state index contributed by atoms with van der Waals surface area (Å²) in [6.07, 6.45) is 4.84. The Kier molecular flexibility index (Phi) is 27.5. The lowest BCUT2D eigenvalue weighted by molar-refractivity contribution is 0.284. The van der Waals surface area contributed by atoms with E-state index in [9.17, 15) is 0 Å². The van der Waals surface area contributed by atoms with Crippen molar-refractivity contribution in [3.63, 3.8) is 0 Å². The van der Waals surface area contributed by atoms with Crippen molar-refractivity contribution in [1.29, 1.82) is 0 Å². The first kappa shape index (κ1) is 22.1. The first-order chi connectivity index (χ1) is 7.81. The number of likely N-dealkylation sites (tertiary alicyclic amines) is 1. The summed E-state index contributed by atoms with van der Waals surface area (Å²) >= 11 is 0. The summed E-state index contributed by atoms with van der Waals surface area (Å²) in [7, 11) is 2.17. The number of nitrogens with zero attached hydrogens (tertiary/aromatic N) is 1. The topological polar surface area (TPSA) is 35.5 Å². The molecule has 1 aliphatic heterocycles. The second-order valence-electron chi connectivity index (χ2n) is 3.79. The van der Waals surface area contributed by atoms with Crippen molar-refractivity contribution in [2.75, 3.05) is 39.8 Å². The van der Waals surface area contributed by atoms with Crippen molar-refractivity contribution < 1.29 is 5.11 Å². The van der Waals surface area contributed by atoms with Crippen LogP contribution in [0.2, 0.25) is 0 Å². The lowest BCUT2D eigenvalue weighted by Crippen LogP contribution is -2.13. The highest BCUT2D eigenvalue weighted by Crippen LogP contribution is 2.02. The zero-order chi connectivity index (χ0) is 12.6. The van der Waals surface area contributed by atoms with E-state index >= 15 is 0 Å². The van der Waals surface area contributed by atoms with Crippen molar-refractivity contribution in [3.8, 4) is 0 Å². The van der Waals surface area contributed by atoms with Crippen molar-refractivity contribution in [3.05, 3.63) is 0 Å². The molecule has 0 aromatic carbocycles. The van der Waals surface area contributed by atoms with Crippen LogP contribution in [-0.2, 0) is 0 Å². The van der Waals surface area contributed by atoms with Gasteiger partial charge in [0.1, 0.15) is 0 Å². The van der Waals surface area contributed by atoms with Crippen LogP contribution in [0.5, 0.6) is 0 Å². The molecule has 17 heavy (non-hydrogen) atoms. The van der Waals surface area contributed by atoms with Gasteiger partial charge in [0.15, 0.2) is 0 Å². The molecule has 1 heterocycles. The van der Waals surface area contributed by atoms with Crippen molar-refractivity contribution in [2.24, 2.45) is 0 Å². The molecule has 0 bridgehead atoms. The largest absolute Gasteiger partial charge is 0.396 e. The molecule has 0 aliphatic carbocycles. The smallest absolute Gasteiger partial charge is 0.0431 e. The maximum absolute atomic E-state index is 8.34. The van der Waals surface area contributed by atoms with E-state index < -0.39 is 0 Å². The summed E-state index contributed by atoms with van der Waals surface area (Å²) in [6, 6.07) is 0. The Hall–Kier alpha value is -0.120. The van der Waals surface area contributed by atoms with Gasteiger partial charge in [-0.15, -0.1) is 0 Å². The summed E-state index contributed by atoms with van der Waals surface area (Å²) < 4.78 is 0. The van der Waals surface area contributed by atoms with Gasteiger partial charge in [0, 0.05) is 6.61 Å². The van der Waals surface area contributed by atoms with Crippen molar-refractivity contribution in [2.45, 2.75) is 53.9 Å². The molecule has 0 spiro atoms. The Balaban J connectivity index is -0.000000195. The Labute approximate surface area is 110 Å². The number of aliphatic hydroxyl groups excluding tert-OH is 1. The van der Waals surface area contributed by atoms with Gasteiger partial charge >= 0.3 is 0 Å². The van der Waals surface area contributed by atoms with Gasteiger partial charge in [-0.1, -0.05) is 28.2 Å². The predicted molar refractivity (Wildman–Crippen MR) is 79.7 cm³/mol. The quantitative estimate of drug-likeness (QED) is 0.734. The molecule has 1 saturated heterocycles. The van der Waals surface area contributed by atoms with Crippen LogP contribution in [0.3, 0.4) is 0 Å². The molecular weight excluding hydrogens is 212 g/mol. The Morgan fingerprint density at radius 1 is 1.12 bits per heavy atom. The molecule has 0 radical (unpaired) electrons. The van der Waals surface area contributed by atoms with E-state index in [2.05, 4.69) is 24.2 Å². The van der Waals surface area contributed by atoms with Gasteiger partial charge in [-0.3, -0.25) is 0 Å². The van der Waals surface area contributed by atoms with Crippen molar-refractivity contribution >= 4 is 0 Å². The monoisotopic (exact) mass is 248 g/mol. The Morgan fingerprint density at radius 3 is 1.94 bits per heavy atom. The molecule has 0 amide bonds. The van der Waals surface area contributed by atoms with Gasteiger partial charge in [0.25, 0.3) is 0 Å². The summed E-state index contributed by atoms with van der Waals surface area (Å²) in [5.41, 5.74) is 0. The molecule has 3 heteroatoms. The van der Waals surface area contributed by atoms with Gasteiger partial charge in [-0.05, 0) is 58.9 Å². The normalized spacial score (nSPS) is 13.9. The fourth-order valence-corrected chi connectivity index (χ4v) is 1.41. The number of hydrogen-bond acceptors (Lipinski definition) is 3. The van der Waals surface area contributed by atoms with Crippen molar-refractivity contribution in [1.82, 2.24) is 10.2 Å².